The van der Waals surface area contributed by atoms with Crippen molar-refractivity contribution in [3.05, 3.63) is 11.3 Å². The number of nitrogens with one attached hydrogen (secondary N) is 3. The lowest BCUT2D eigenvalue weighted by atomic mass is 10.2. The summed E-state index contributed by atoms with van der Waals surface area (Å²) >= 11 is 0. The lowest BCUT2D eigenvalue weighted by Gasteiger charge is -2.12. The fourth-order valence-corrected chi connectivity index (χ4v) is 2.85. The Morgan fingerprint density at radius 3 is 2.55 bits per heavy atom. The number of nitrogens with zero attached hydrogens (tertiary/aromatic N) is 1. The van der Waals surface area contributed by atoms with Gasteiger partial charge in [-0.2, -0.15) is 5.10 Å². The van der Waals surface area contributed by atoms with E-state index in [0.717, 1.165) is 5.69 Å². The molecule has 0 saturated carbocycles. The third-order valence-electron chi connectivity index (χ3n) is 2.94. The lowest BCUT2D eigenvalue weighted by Crippen LogP contribution is -2.33. The number of methoxy groups -OCH3 is 1. The van der Waals surface area contributed by atoms with E-state index in [1.54, 1.807) is 13.8 Å². The minimum Gasteiger partial charge on any atom is -0.380 e. The van der Waals surface area contributed by atoms with Crippen molar-refractivity contribution in [1.82, 2.24) is 20.2 Å². The van der Waals surface area contributed by atoms with Gasteiger partial charge in [-0.05, 0) is 13.8 Å². The molecule has 1 aromatic rings. The number of hydrogen-bond donors (Lipinski definition) is 3. The van der Waals surface area contributed by atoms with Gasteiger partial charge in [0, 0.05) is 37.5 Å². The monoisotopic (exact) mass is 304 g/mol. The Morgan fingerprint density at radius 1 is 1.35 bits per heavy atom. The Bertz CT molecular complexity index is 525. The van der Waals surface area contributed by atoms with Crippen LogP contribution in [0.5, 0.6) is 0 Å². The molecule has 1 atom stereocenters. The smallest absolute Gasteiger partial charge is 0.260 e. The molecule has 0 radical (unpaired) electrons. The van der Waals surface area contributed by atoms with E-state index in [2.05, 4.69) is 20.2 Å². The van der Waals surface area contributed by atoms with Crippen LogP contribution in [0.15, 0.2) is 5.03 Å². The SMILES string of the molecule is COC(C)CNS(=O)(=O)c1n[nH]c(C)c1CNC(C)C. The molecular weight excluding hydrogens is 280 g/mol. The molecule has 0 aliphatic carbocycles. The number of aromatic nitrogens is 2. The van der Waals surface area contributed by atoms with Gasteiger partial charge in [-0.3, -0.25) is 5.10 Å². The molecular formula is C12H24N4O3S. The second-order valence-electron chi connectivity index (χ2n) is 5.07. The fourth-order valence-electron chi connectivity index (χ4n) is 1.55. The van der Waals surface area contributed by atoms with Crippen molar-refractivity contribution in [3.8, 4) is 0 Å². The average molecular weight is 304 g/mol. The number of H-pyrrole nitrogens is 1. The second-order valence-corrected chi connectivity index (χ2v) is 6.75. The molecule has 0 aliphatic heterocycles. The van der Waals surface area contributed by atoms with Crippen molar-refractivity contribution in [3.63, 3.8) is 0 Å². The molecule has 0 saturated heterocycles. The van der Waals surface area contributed by atoms with Crippen LogP contribution in [0.3, 0.4) is 0 Å². The Hall–Kier alpha value is -0.960. The predicted molar refractivity (Wildman–Crippen MR) is 77.0 cm³/mol. The number of rotatable bonds is 8. The molecule has 0 fully saturated rings. The quantitative estimate of drug-likeness (QED) is 0.651. The third-order valence-corrected chi connectivity index (χ3v) is 4.33. The largest absolute Gasteiger partial charge is 0.380 e. The molecule has 0 spiro atoms. The van der Waals surface area contributed by atoms with Crippen LogP contribution in [0.25, 0.3) is 0 Å². The molecule has 0 amide bonds. The molecule has 7 nitrogen and oxygen atoms in total. The van der Waals surface area contributed by atoms with Crippen LogP contribution in [0.4, 0.5) is 0 Å². The second kappa shape index (κ2) is 7.16. The zero-order valence-electron chi connectivity index (χ0n) is 12.6. The van der Waals surface area contributed by atoms with Crippen LogP contribution < -0.4 is 10.0 Å². The number of hydrogen-bond acceptors (Lipinski definition) is 5. The molecule has 8 heteroatoms. The van der Waals surface area contributed by atoms with Gasteiger partial charge in [0.2, 0.25) is 0 Å². The van der Waals surface area contributed by atoms with Crippen molar-refractivity contribution in [1.29, 1.82) is 0 Å². The maximum atomic E-state index is 12.3. The van der Waals surface area contributed by atoms with Gasteiger partial charge in [-0.25, -0.2) is 13.1 Å². The van der Waals surface area contributed by atoms with Gasteiger partial charge in [-0.15, -0.1) is 0 Å². The van der Waals surface area contributed by atoms with Gasteiger partial charge in [0.05, 0.1) is 6.10 Å². The third kappa shape index (κ3) is 4.55. The van der Waals surface area contributed by atoms with Crippen LogP contribution in [0, 0.1) is 6.92 Å². The Labute approximate surface area is 120 Å². The Kier molecular flexibility index (Phi) is 6.12. The summed E-state index contributed by atoms with van der Waals surface area (Å²) in [5, 5.41) is 9.89. The molecule has 0 aromatic carbocycles. The highest BCUT2D eigenvalue weighted by Gasteiger charge is 2.24. The highest BCUT2D eigenvalue weighted by Crippen LogP contribution is 2.16. The van der Waals surface area contributed by atoms with E-state index in [1.807, 2.05) is 13.8 Å². The summed E-state index contributed by atoms with van der Waals surface area (Å²) in [4.78, 5) is 0. The van der Waals surface area contributed by atoms with Crippen molar-refractivity contribution in [2.45, 2.75) is 51.4 Å². The molecule has 116 valence electrons. The summed E-state index contributed by atoms with van der Waals surface area (Å²) in [5.41, 5.74) is 1.41. The fraction of sp³-hybridized carbons (Fsp3) is 0.750. The highest BCUT2D eigenvalue weighted by atomic mass is 32.2. The van der Waals surface area contributed by atoms with Gasteiger partial charge >= 0.3 is 0 Å². The number of aryl methyl sites for hydroxylation is 1. The molecule has 1 rings (SSSR count). The lowest BCUT2D eigenvalue weighted by molar-refractivity contribution is 0.122. The normalized spacial score (nSPS) is 13.9. The van der Waals surface area contributed by atoms with Gasteiger partial charge in [0.15, 0.2) is 5.03 Å². The minimum atomic E-state index is -3.64. The summed E-state index contributed by atoms with van der Waals surface area (Å²) in [5.74, 6) is 0. The minimum absolute atomic E-state index is 0.0476. The zero-order valence-corrected chi connectivity index (χ0v) is 13.5. The van der Waals surface area contributed by atoms with Crippen LogP contribution in [0.2, 0.25) is 0 Å². The molecule has 0 bridgehead atoms. The van der Waals surface area contributed by atoms with Crippen LogP contribution in [0.1, 0.15) is 32.0 Å². The van der Waals surface area contributed by atoms with Gasteiger partial charge in [0.1, 0.15) is 0 Å². The van der Waals surface area contributed by atoms with Gasteiger partial charge in [-0.1, -0.05) is 13.8 Å². The first-order valence-electron chi connectivity index (χ1n) is 6.57. The van der Waals surface area contributed by atoms with Crippen molar-refractivity contribution in [2.75, 3.05) is 13.7 Å². The summed E-state index contributed by atoms with van der Waals surface area (Å²) in [6.45, 7) is 8.27. The van der Waals surface area contributed by atoms with E-state index >= 15 is 0 Å². The summed E-state index contributed by atoms with van der Waals surface area (Å²) < 4.78 is 32.0. The molecule has 1 aromatic heterocycles. The van der Waals surface area contributed by atoms with E-state index in [4.69, 9.17) is 4.74 Å². The van der Waals surface area contributed by atoms with Crippen LogP contribution in [-0.4, -0.2) is 44.4 Å². The van der Waals surface area contributed by atoms with E-state index in [0.29, 0.717) is 12.1 Å². The maximum Gasteiger partial charge on any atom is 0.260 e. The number of sulfonamides is 1. The molecule has 3 N–H and O–H groups in total. The standard InChI is InChI=1S/C12H24N4O3S/c1-8(2)13-7-11-10(4)15-16-12(11)20(17,18)14-6-9(3)19-5/h8-9,13-14H,6-7H2,1-5H3,(H,15,16). The Morgan fingerprint density at radius 2 is 2.00 bits per heavy atom. The first-order valence-corrected chi connectivity index (χ1v) is 8.06. The maximum absolute atomic E-state index is 12.3. The molecule has 1 unspecified atom stereocenters. The molecule has 0 aliphatic rings. The van der Waals surface area contributed by atoms with E-state index in [-0.39, 0.29) is 23.7 Å². The predicted octanol–water partition coefficient (Wildman–Crippen LogP) is 0.529. The number of aromatic amines is 1. The van der Waals surface area contributed by atoms with E-state index < -0.39 is 10.0 Å². The zero-order chi connectivity index (χ0) is 15.3. The summed E-state index contributed by atoms with van der Waals surface area (Å²) in [6, 6.07) is 0.265. The summed E-state index contributed by atoms with van der Waals surface area (Å²) in [6.07, 6.45) is -0.193. The first kappa shape index (κ1) is 17.1. The van der Waals surface area contributed by atoms with Crippen LogP contribution in [-0.2, 0) is 21.3 Å². The number of ether oxygens (including phenoxy) is 1. The molecule has 1 heterocycles. The average Bonchev–Trinajstić information content (AvgIpc) is 2.75. The summed E-state index contributed by atoms with van der Waals surface area (Å²) in [7, 11) is -2.10. The van der Waals surface area contributed by atoms with E-state index in [9.17, 15) is 8.42 Å². The van der Waals surface area contributed by atoms with Gasteiger partial charge in [0.25, 0.3) is 10.0 Å². The van der Waals surface area contributed by atoms with Crippen LogP contribution >= 0.6 is 0 Å². The first-order chi connectivity index (χ1) is 9.27. The van der Waals surface area contributed by atoms with Crippen molar-refractivity contribution < 1.29 is 13.2 Å². The highest BCUT2D eigenvalue weighted by molar-refractivity contribution is 7.89. The topological polar surface area (TPSA) is 96.1 Å². The van der Waals surface area contributed by atoms with Crippen molar-refractivity contribution in [2.24, 2.45) is 0 Å². The van der Waals surface area contributed by atoms with Gasteiger partial charge < -0.3 is 10.1 Å². The molecule has 20 heavy (non-hydrogen) atoms. The van der Waals surface area contributed by atoms with Crippen molar-refractivity contribution >= 4 is 10.0 Å². The van der Waals surface area contributed by atoms with E-state index in [1.165, 1.54) is 7.11 Å². The Balaban J connectivity index is 2.89.